The van der Waals surface area contributed by atoms with E-state index >= 15 is 0 Å². The third kappa shape index (κ3) is 9.69. The highest BCUT2D eigenvalue weighted by Gasteiger charge is 2.56. The molecule has 0 aromatic rings. The first-order valence-corrected chi connectivity index (χ1v) is 15.2. The van der Waals surface area contributed by atoms with Crippen LogP contribution in [0.3, 0.4) is 0 Å². The van der Waals surface area contributed by atoms with Crippen molar-refractivity contribution in [2.24, 2.45) is 5.11 Å². The molecule has 49 heavy (non-hydrogen) atoms. The molecule has 3 saturated heterocycles. The number of hydroxylamine groups is 2. The zero-order valence-electron chi connectivity index (χ0n) is 26.7. The fourth-order valence-electron chi connectivity index (χ4n) is 5.83. The molecule has 3 aliphatic rings. The van der Waals surface area contributed by atoms with E-state index < -0.39 is 123 Å². The fourth-order valence-corrected chi connectivity index (χ4v) is 5.83. The highest BCUT2D eigenvalue weighted by Crippen LogP contribution is 2.33. The van der Waals surface area contributed by atoms with Crippen molar-refractivity contribution in [1.29, 1.82) is 0 Å². The average molecular weight is 713 g/mol. The van der Waals surface area contributed by atoms with Gasteiger partial charge in [0.2, 0.25) is 11.8 Å². The van der Waals surface area contributed by atoms with E-state index in [2.05, 4.69) is 20.7 Å². The lowest BCUT2D eigenvalue weighted by Crippen LogP contribution is -2.71. The summed E-state index contributed by atoms with van der Waals surface area (Å²) >= 11 is 0. The van der Waals surface area contributed by atoms with Gasteiger partial charge in [0.1, 0.15) is 61.0 Å². The molecule has 3 heterocycles. The summed E-state index contributed by atoms with van der Waals surface area (Å²) in [5, 5.41) is 93.1. The summed E-state index contributed by atoms with van der Waals surface area (Å²) in [5.41, 5.74) is 8.49. The zero-order chi connectivity index (χ0) is 36.6. The topological polar surface area (TPSA) is 344 Å². The predicted octanol–water partition coefficient (Wildman–Crippen LogP) is -5.14. The largest absolute Gasteiger partial charge is 0.479 e. The van der Waals surface area contributed by atoms with Crippen LogP contribution in [0.5, 0.6) is 0 Å². The van der Waals surface area contributed by atoms with Crippen LogP contribution in [-0.2, 0) is 42.8 Å². The Kier molecular flexibility index (Phi) is 15.3. The van der Waals surface area contributed by atoms with Crippen molar-refractivity contribution in [2.45, 2.75) is 112 Å². The monoisotopic (exact) mass is 712 g/mol. The molecule has 0 radical (unpaired) electrons. The average Bonchev–Trinajstić information content (AvgIpc) is 3.04. The van der Waals surface area contributed by atoms with Crippen molar-refractivity contribution >= 4 is 17.8 Å². The van der Waals surface area contributed by atoms with Gasteiger partial charge in [-0.15, -0.1) is 0 Å². The van der Waals surface area contributed by atoms with Gasteiger partial charge in [0.05, 0.1) is 19.3 Å². The fraction of sp³-hybridized carbons (Fsp3) is 0.885. The second-order valence-corrected chi connectivity index (χ2v) is 11.5. The summed E-state index contributed by atoms with van der Waals surface area (Å²) in [4.78, 5) is 39.1. The van der Waals surface area contributed by atoms with E-state index in [4.69, 9.17) is 34.0 Å². The van der Waals surface area contributed by atoms with E-state index in [-0.39, 0.29) is 19.5 Å². The minimum atomic E-state index is -2.14. The first-order valence-electron chi connectivity index (χ1n) is 15.2. The predicted molar refractivity (Wildman–Crippen MR) is 155 cm³/mol. The molecule has 0 bridgehead atoms. The number of carboxylic acids is 1. The number of carbonyl (C=O) groups excluding carboxylic acids is 2. The van der Waals surface area contributed by atoms with Crippen LogP contribution in [-0.4, -0.2) is 189 Å². The van der Waals surface area contributed by atoms with Gasteiger partial charge < -0.3 is 80.0 Å². The van der Waals surface area contributed by atoms with E-state index in [9.17, 15) is 55.3 Å². The molecule has 0 aromatic carbocycles. The number of hydrogen-bond acceptors (Lipinski definition) is 18. The number of methoxy groups -OCH3 is 1. The first-order chi connectivity index (χ1) is 23.2. The number of nitrogens with one attached hydrogen (secondary N) is 2. The van der Waals surface area contributed by atoms with E-state index in [1.54, 1.807) is 0 Å². The van der Waals surface area contributed by atoms with Crippen molar-refractivity contribution in [1.82, 2.24) is 15.7 Å². The van der Waals surface area contributed by atoms with Gasteiger partial charge in [-0.05, 0) is 12.0 Å². The summed E-state index contributed by atoms with van der Waals surface area (Å²) < 4.78 is 33.5. The Labute approximate surface area is 278 Å². The quantitative estimate of drug-likeness (QED) is 0.0249. The maximum Gasteiger partial charge on any atom is 0.335 e. The van der Waals surface area contributed by atoms with Crippen LogP contribution >= 0.6 is 0 Å². The number of aliphatic hydroxyl groups excluding tert-OH is 6. The zero-order valence-corrected chi connectivity index (χ0v) is 26.7. The number of carboxylic acid groups (broad SMARTS) is 1. The Balaban J connectivity index is 1.90. The number of aliphatic hydroxyl groups is 6. The van der Waals surface area contributed by atoms with Gasteiger partial charge in [-0.25, -0.2) is 4.79 Å². The highest BCUT2D eigenvalue weighted by molar-refractivity contribution is 5.74. The molecule has 6 unspecified atom stereocenters. The minimum Gasteiger partial charge on any atom is -0.479 e. The van der Waals surface area contributed by atoms with Crippen molar-refractivity contribution in [3.63, 3.8) is 0 Å². The van der Waals surface area contributed by atoms with E-state index in [1.807, 2.05) is 0 Å². The summed E-state index contributed by atoms with van der Waals surface area (Å²) in [7, 11) is 1.19. The lowest BCUT2D eigenvalue weighted by molar-refractivity contribution is -0.362. The van der Waals surface area contributed by atoms with Crippen molar-refractivity contribution in [3.8, 4) is 0 Å². The summed E-state index contributed by atoms with van der Waals surface area (Å²) in [6.07, 6.45) is -22.5. The van der Waals surface area contributed by atoms with Gasteiger partial charge >= 0.3 is 5.97 Å². The maximum atomic E-state index is 12.4. The molecule has 3 rings (SSSR count). The van der Waals surface area contributed by atoms with Crippen LogP contribution in [0.25, 0.3) is 10.4 Å². The lowest BCUT2D eigenvalue weighted by atomic mass is 9.93. The maximum absolute atomic E-state index is 12.4. The Hall–Kier alpha value is -2.84. The van der Waals surface area contributed by atoms with Crippen LogP contribution in [0, 0.1) is 0 Å². The number of aliphatic carboxylic acids is 1. The molecule has 0 spiro atoms. The van der Waals surface area contributed by atoms with Crippen LogP contribution in [0.1, 0.15) is 20.3 Å². The van der Waals surface area contributed by atoms with Gasteiger partial charge in [0.25, 0.3) is 0 Å². The number of hydrogen-bond donors (Lipinski definition) is 10. The number of ether oxygens (including phenoxy) is 6. The second kappa shape index (κ2) is 18.4. The second-order valence-electron chi connectivity index (χ2n) is 11.5. The molecule has 0 saturated carbocycles. The lowest BCUT2D eigenvalue weighted by Gasteiger charge is -2.49. The van der Waals surface area contributed by atoms with Crippen molar-refractivity contribution in [2.75, 3.05) is 33.4 Å². The molecule has 0 aromatic heterocycles. The van der Waals surface area contributed by atoms with Crippen molar-refractivity contribution in [3.05, 3.63) is 10.4 Å². The van der Waals surface area contributed by atoms with E-state index in [0.29, 0.717) is 5.06 Å². The molecule has 23 heteroatoms. The molecular formula is C26H44N6O17. The molecule has 3 aliphatic heterocycles. The Bertz CT molecular complexity index is 1170. The van der Waals surface area contributed by atoms with Crippen LogP contribution in [0.2, 0.25) is 0 Å². The SMILES string of the molecule is CO[C@@H]1C(NC(C)=O)[C@H](O[C@@H]2C(C(=O)O)O[C@@H](O[C@@H]3C(NC(C)=O)[C@H](N(O)CCCN=[N+]=[N-])OC(CO)[C@H]3O)C(O)[C@H]2O)OC(CO)[C@H]1O. The molecule has 15 atom stereocenters. The molecular weight excluding hydrogens is 668 g/mol. The summed E-state index contributed by atoms with van der Waals surface area (Å²) in [5.74, 6) is -3.08. The minimum absolute atomic E-state index is 0.0261. The van der Waals surface area contributed by atoms with Crippen LogP contribution < -0.4 is 10.6 Å². The molecule has 280 valence electrons. The standard InChI is InChI=1S/C26H44N6O17/c1-9(35)29-13-20(16(38)11(7-33)45-23(13)32(43)6-4-5-28-31-27)47-26-18(40)17(39)21(22(49-26)24(41)42)48-25-14(30-10(2)36)19(44-3)15(37)12(8-34)46-25/h11-23,25-26,33-34,37-40,43H,4-8H2,1-3H3,(H,29,35)(H,30,36)(H,41,42)/t11?,12?,13?,14?,15-,16-,17-,18?,19-,20-,21+,22?,23-,25+,26-/m1/s1. The number of nitrogens with zero attached hydrogens (tertiary/aromatic N) is 4. The molecule has 0 aliphatic carbocycles. The van der Waals surface area contributed by atoms with Gasteiger partial charge in [-0.1, -0.05) is 5.11 Å². The molecule has 23 nitrogen and oxygen atoms in total. The number of azide groups is 1. The van der Waals surface area contributed by atoms with Crippen LogP contribution in [0.15, 0.2) is 5.11 Å². The number of amides is 2. The molecule has 3 fully saturated rings. The Morgan fingerprint density at radius 2 is 1.41 bits per heavy atom. The van der Waals surface area contributed by atoms with Crippen LogP contribution in [0.4, 0.5) is 0 Å². The number of carbonyl (C=O) groups is 3. The number of rotatable bonds is 15. The van der Waals surface area contributed by atoms with E-state index in [0.717, 1.165) is 13.8 Å². The van der Waals surface area contributed by atoms with E-state index in [1.165, 1.54) is 7.11 Å². The normalized spacial score (nSPS) is 39.5. The Morgan fingerprint density at radius 1 is 0.837 bits per heavy atom. The van der Waals surface area contributed by atoms with Gasteiger partial charge in [-0.3, -0.25) is 9.59 Å². The molecule has 2 amide bonds. The van der Waals surface area contributed by atoms with Gasteiger partial charge in [0.15, 0.2) is 24.9 Å². The first kappa shape index (κ1) is 40.6. The van der Waals surface area contributed by atoms with Gasteiger partial charge in [-0.2, -0.15) is 5.06 Å². The summed E-state index contributed by atoms with van der Waals surface area (Å²) in [6, 6.07) is -2.78. The highest BCUT2D eigenvalue weighted by atomic mass is 16.7. The molecule has 10 N–H and O–H groups in total. The smallest absolute Gasteiger partial charge is 0.335 e. The van der Waals surface area contributed by atoms with Crippen molar-refractivity contribution < 1.29 is 83.8 Å². The third-order valence-corrected chi connectivity index (χ3v) is 8.11. The van der Waals surface area contributed by atoms with Gasteiger partial charge in [0, 0.05) is 39.0 Å². The Morgan fingerprint density at radius 3 is 1.96 bits per heavy atom. The summed E-state index contributed by atoms with van der Waals surface area (Å²) in [6.45, 7) is 0.420. The third-order valence-electron chi connectivity index (χ3n) is 8.11.